The van der Waals surface area contributed by atoms with Gasteiger partial charge < -0.3 is 10.1 Å². The SMILES string of the molecule is COc1ccc(NC(=Nc2cc(F)ccc2C)n2sc(C)cc2=N)cc1. The third-order valence-corrected chi connectivity index (χ3v) is 4.69. The zero-order valence-electron chi connectivity index (χ0n) is 14.7. The van der Waals surface area contributed by atoms with Crippen molar-refractivity contribution in [3.63, 3.8) is 0 Å². The Morgan fingerprint density at radius 3 is 2.50 bits per heavy atom. The van der Waals surface area contributed by atoms with Gasteiger partial charge in [0.05, 0.1) is 12.8 Å². The summed E-state index contributed by atoms with van der Waals surface area (Å²) in [5, 5.41) is 11.4. The number of ether oxygens (including phenoxy) is 1. The molecule has 0 aliphatic rings. The van der Waals surface area contributed by atoms with E-state index in [1.165, 1.54) is 23.7 Å². The molecule has 1 aromatic heterocycles. The van der Waals surface area contributed by atoms with Crippen LogP contribution in [0.15, 0.2) is 53.5 Å². The molecular weight excluding hydrogens is 351 g/mol. The fourth-order valence-corrected chi connectivity index (χ4v) is 3.15. The maximum atomic E-state index is 13.6. The number of halogens is 1. The Labute approximate surface area is 155 Å². The van der Waals surface area contributed by atoms with Crippen LogP contribution in [0, 0.1) is 25.1 Å². The van der Waals surface area contributed by atoms with Gasteiger partial charge in [-0.15, -0.1) is 0 Å². The molecule has 26 heavy (non-hydrogen) atoms. The molecule has 0 bridgehead atoms. The molecule has 0 spiro atoms. The summed E-state index contributed by atoms with van der Waals surface area (Å²) in [6.07, 6.45) is 0. The van der Waals surface area contributed by atoms with Crippen LogP contribution >= 0.6 is 11.5 Å². The highest BCUT2D eigenvalue weighted by Crippen LogP contribution is 2.21. The first-order valence-corrected chi connectivity index (χ1v) is 8.74. The zero-order chi connectivity index (χ0) is 18.7. The topological polar surface area (TPSA) is 62.4 Å². The van der Waals surface area contributed by atoms with Crippen LogP contribution in [0.1, 0.15) is 10.4 Å². The van der Waals surface area contributed by atoms with Gasteiger partial charge in [-0.05, 0) is 61.9 Å². The number of rotatable bonds is 3. The number of aromatic nitrogens is 1. The molecule has 134 valence electrons. The highest BCUT2D eigenvalue weighted by atomic mass is 32.1. The number of methoxy groups -OCH3 is 1. The van der Waals surface area contributed by atoms with Crippen molar-refractivity contribution in [1.82, 2.24) is 3.96 Å². The minimum atomic E-state index is -0.350. The van der Waals surface area contributed by atoms with Crippen LogP contribution in [0.5, 0.6) is 5.75 Å². The van der Waals surface area contributed by atoms with Crippen LogP contribution in [0.2, 0.25) is 0 Å². The molecule has 0 unspecified atom stereocenters. The summed E-state index contributed by atoms with van der Waals surface area (Å²) < 4.78 is 20.5. The number of benzene rings is 2. The molecule has 0 radical (unpaired) electrons. The van der Waals surface area contributed by atoms with E-state index in [9.17, 15) is 4.39 Å². The van der Waals surface area contributed by atoms with Gasteiger partial charge in [0.2, 0.25) is 5.96 Å². The van der Waals surface area contributed by atoms with Gasteiger partial charge in [0.15, 0.2) is 0 Å². The standard InChI is InChI=1S/C19H19FN4OS/c1-12-4-5-14(20)11-17(12)23-19(24-18(21)10-13(2)26-24)22-15-6-8-16(25-3)9-7-15/h4-11,21H,1-3H3,(H,22,23). The summed E-state index contributed by atoms with van der Waals surface area (Å²) in [5.41, 5.74) is 2.46. The van der Waals surface area contributed by atoms with Gasteiger partial charge in [0, 0.05) is 10.6 Å². The Morgan fingerprint density at radius 2 is 1.88 bits per heavy atom. The Hall–Kier alpha value is -2.93. The summed E-state index contributed by atoms with van der Waals surface area (Å²) in [6.45, 7) is 3.80. The second kappa shape index (κ2) is 7.53. The predicted octanol–water partition coefficient (Wildman–Crippen LogP) is 4.44. The number of anilines is 1. The highest BCUT2D eigenvalue weighted by Gasteiger charge is 2.10. The molecule has 3 aromatic rings. The molecule has 0 amide bonds. The van der Waals surface area contributed by atoms with Crippen LogP contribution in [-0.4, -0.2) is 17.0 Å². The third kappa shape index (κ3) is 4.00. The number of nitrogens with zero attached hydrogens (tertiary/aromatic N) is 2. The van der Waals surface area contributed by atoms with Crippen LogP contribution < -0.4 is 15.5 Å². The molecule has 2 aromatic carbocycles. The fraction of sp³-hybridized carbons (Fsp3) is 0.158. The van der Waals surface area contributed by atoms with Crippen LogP contribution in [-0.2, 0) is 0 Å². The van der Waals surface area contributed by atoms with Gasteiger partial charge in [-0.1, -0.05) is 17.6 Å². The van der Waals surface area contributed by atoms with Crippen LogP contribution in [0.4, 0.5) is 15.8 Å². The lowest BCUT2D eigenvalue weighted by atomic mass is 10.2. The highest BCUT2D eigenvalue weighted by molar-refractivity contribution is 7.07. The van der Waals surface area contributed by atoms with Gasteiger partial charge in [-0.2, -0.15) is 0 Å². The van der Waals surface area contributed by atoms with E-state index in [1.807, 2.05) is 38.1 Å². The van der Waals surface area contributed by atoms with E-state index in [0.717, 1.165) is 21.9 Å². The van der Waals surface area contributed by atoms with Gasteiger partial charge in [-0.3, -0.25) is 5.41 Å². The lowest BCUT2D eigenvalue weighted by Crippen LogP contribution is -2.28. The second-order valence-electron chi connectivity index (χ2n) is 5.75. The molecule has 0 fully saturated rings. The largest absolute Gasteiger partial charge is 0.497 e. The first kappa shape index (κ1) is 17.9. The maximum absolute atomic E-state index is 13.6. The smallest absolute Gasteiger partial charge is 0.223 e. The van der Waals surface area contributed by atoms with E-state index in [-0.39, 0.29) is 5.82 Å². The first-order chi connectivity index (χ1) is 12.5. The summed E-state index contributed by atoms with van der Waals surface area (Å²) >= 11 is 1.40. The van der Waals surface area contributed by atoms with Crippen molar-refractivity contribution in [2.24, 2.45) is 4.99 Å². The summed E-state index contributed by atoms with van der Waals surface area (Å²) in [5.74, 6) is 0.833. The van der Waals surface area contributed by atoms with Gasteiger partial charge in [-0.25, -0.2) is 13.3 Å². The van der Waals surface area contributed by atoms with E-state index in [2.05, 4.69) is 10.3 Å². The normalized spacial score (nSPS) is 11.5. The van der Waals surface area contributed by atoms with Gasteiger partial charge in [0.1, 0.15) is 17.1 Å². The van der Waals surface area contributed by atoms with Crippen molar-refractivity contribution < 1.29 is 9.13 Å². The third-order valence-electron chi connectivity index (χ3n) is 3.73. The average molecular weight is 370 g/mol. The Bertz CT molecular complexity index is 1010. The maximum Gasteiger partial charge on any atom is 0.223 e. The first-order valence-electron chi connectivity index (χ1n) is 7.97. The van der Waals surface area contributed by atoms with Crippen LogP contribution in [0.3, 0.4) is 0 Å². The average Bonchev–Trinajstić information content (AvgIpc) is 2.96. The number of hydrogen-bond acceptors (Lipinski definition) is 4. The molecule has 0 aliphatic carbocycles. The number of hydrogen-bond donors (Lipinski definition) is 2. The van der Waals surface area contributed by atoms with Gasteiger partial charge >= 0.3 is 0 Å². The molecule has 0 saturated heterocycles. The number of aryl methyl sites for hydroxylation is 2. The summed E-state index contributed by atoms with van der Waals surface area (Å²) in [6, 6.07) is 13.6. The lowest BCUT2D eigenvalue weighted by molar-refractivity contribution is 0.415. The molecule has 3 rings (SSSR count). The van der Waals surface area contributed by atoms with Crippen molar-refractivity contribution in [2.45, 2.75) is 13.8 Å². The van der Waals surface area contributed by atoms with E-state index < -0.39 is 0 Å². The number of nitrogens with one attached hydrogen (secondary N) is 2. The molecule has 0 atom stereocenters. The quantitative estimate of drug-likeness (QED) is 0.529. The predicted molar refractivity (Wildman–Crippen MR) is 103 cm³/mol. The fourth-order valence-electron chi connectivity index (χ4n) is 2.37. The summed E-state index contributed by atoms with van der Waals surface area (Å²) in [7, 11) is 1.61. The van der Waals surface area contributed by atoms with Crippen molar-refractivity contribution in [3.8, 4) is 5.75 Å². The number of aliphatic imine (C=N–C) groups is 1. The van der Waals surface area contributed by atoms with E-state index in [0.29, 0.717) is 17.1 Å². The second-order valence-corrected chi connectivity index (χ2v) is 6.94. The molecule has 7 heteroatoms. The molecule has 5 nitrogen and oxygen atoms in total. The Kier molecular flexibility index (Phi) is 5.18. The molecule has 2 N–H and O–H groups in total. The molecule has 0 aliphatic heterocycles. The Morgan fingerprint density at radius 1 is 1.15 bits per heavy atom. The monoisotopic (exact) mass is 370 g/mol. The van der Waals surface area contributed by atoms with Gasteiger partial charge in [0.25, 0.3) is 0 Å². The van der Waals surface area contributed by atoms with E-state index in [4.69, 9.17) is 10.1 Å². The summed E-state index contributed by atoms with van der Waals surface area (Å²) in [4.78, 5) is 5.57. The van der Waals surface area contributed by atoms with Crippen molar-refractivity contribution >= 4 is 28.9 Å². The van der Waals surface area contributed by atoms with Crippen LogP contribution in [0.25, 0.3) is 0 Å². The van der Waals surface area contributed by atoms with Crippen molar-refractivity contribution in [1.29, 1.82) is 5.41 Å². The molecular formula is C19H19FN4OS. The Balaban J connectivity index is 2.06. The zero-order valence-corrected chi connectivity index (χ0v) is 15.5. The van der Waals surface area contributed by atoms with Crippen molar-refractivity contribution in [3.05, 3.63) is 70.3 Å². The minimum Gasteiger partial charge on any atom is -0.497 e. The van der Waals surface area contributed by atoms with E-state index >= 15 is 0 Å². The lowest BCUT2D eigenvalue weighted by Gasteiger charge is -2.12. The van der Waals surface area contributed by atoms with E-state index in [1.54, 1.807) is 23.2 Å². The molecule has 1 heterocycles. The minimum absolute atomic E-state index is 0.307. The van der Waals surface area contributed by atoms with Crippen molar-refractivity contribution in [2.75, 3.05) is 12.4 Å². The molecule has 0 saturated carbocycles.